The van der Waals surface area contributed by atoms with Gasteiger partial charge in [-0.05, 0) is 19.1 Å². The van der Waals surface area contributed by atoms with Crippen molar-refractivity contribution in [3.05, 3.63) is 23.9 Å². The van der Waals surface area contributed by atoms with Gasteiger partial charge < -0.3 is 16.8 Å². The molecule has 0 aromatic carbocycles. The molecule has 0 aliphatic carbocycles. The van der Waals surface area contributed by atoms with Crippen LogP contribution in [0.2, 0.25) is 0 Å². The quantitative estimate of drug-likeness (QED) is 0.625. The molecule has 0 fully saturated rings. The van der Waals surface area contributed by atoms with Crippen molar-refractivity contribution >= 4 is 11.7 Å². The van der Waals surface area contributed by atoms with Gasteiger partial charge in [0, 0.05) is 18.8 Å². The van der Waals surface area contributed by atoms with Crippen LogP contribution in [0.5, 0.6) is 0 Å². The number of nitrogens with zero attached hydrogens (tertiary/aromatic N) is 1. The highest BCUT2D eigenvalue weighted by Gasteiger charge is 2.07. The van der Waals surface area contributed by atoms with Crippen LogP contribution >= 0.6 is 0 Å². The number of nitrogens with one attached hydrogen (secondary N) is 1. The van der Waals surface area contributed by atoms with Crippen molar-refractivity contribution < 1.29 is 4.79 Å². The topological polar surface area (TPSA) is 94.0 Å². The van der Waals surface area contributed by atoms with Crippen molar-refractivity contribution in [1.82, 2.24) is 4.98 Å². The number of rotatable bonds is 4. The van der Waals surface area contributed by atoms with E-state index >= 15 is 0 Å². The molecule has 1 atom stereocenters. The third kappa shape index (κ3) is 2.70. The number of pyridine rings is 1. The molecular weight excluding hydrogens is 180 g/mol. The Hall–Kier alpha value is -1.62. The standard InChI is InChI=1S/C9H14N4O/c1-6(10)5-13-9-7(8(11)14)3-2-4-12-9/h2-4,6H,5,10H2,1H3,(H2,11,14)(H,12,13). The zero-order chi connectivity index (χ0) is 10.6. The SMILES string of the molecule is CC(N)CNc1ncccc1C(N)=O. The first-order valence-corrected chi connectivity index (χ1v) is 4.35. The summed E-state index contributed by atoms with van der Waals surface area (Å²) in [4.78, 5) is 15.0. The Balaban J connectivity index is 2.79. The Morgan fingerprint density at radius 2 is 2.43 bits per heavy atom. The maximum absolute atomic E-state index is 11.0. The van der Waals surface area contributed by atoms with Crippen LogP contribution in [0.4, 0.5) is 5.82 Å². The van der Waals surface area contributed by atoms with E-state index in [-0.39, 0.29) is 6.04 Å². The highest BCUT2D eigenvalue weighted by Crippen LogP contribution is 2.09. The van der Waals surface area contributed by atoms with Gasteiger partial charge in [-0.1, -0.05) is 0 Å². The maximum atomic E-state index is 11.0. The number of hydrogen-bond acceptors (Lipinski definition) is 4. The zero-order valence-electron chi connectivity index (χ0n) is 8.03. The van der Waals surface area contributed by atoms with Gasteiger partial charge in [0.15, 0.2) is 0 Å². The lowest BCUT2D eigenvalue weighted by atomic mass is 10.2. The maximum Gasteiger partial charge on any atom is 0.252 e. The molecule has 0 saturated heterocycles. The second kappa shape index (κ2) is 4.57. The summed E-state index contributed by atoms with van der Waals surface area (Å²) in [5.41, 5.74) is 11.1. The predicted octanol–water partition coefficient (Wildman–Crippen LogP) is -0.0604. The molecule has 0 spiro atoms. The zero-order valence-corrected chi connectivity index (χ0v) is 8.03. The van der Waals surface area contributed by atoms with E-state index in [0.717, 1.165) is 0 Å². The van der Waals surface area contributed by atoms with Crippen LogP contribution in [0.25, 0.3) is 0 Å². The predicted molar refractivity (Wildman–Crippen MR) is 54.9 cm³/mol. The van der Waals surface area contributed by atoms with E-state index in [1.807, 2.05) is 6.92 Å². The summed E-state index contributed by atoms with van der Waals surface area (Å²) >= 11 is 0. The lowest BCUT2D eigenvalue weighted by Gasteiger charge is -2.10. The Morgan fingerprint density at radius 3 is 3.00 bits per heavy atom. The molecule has 0 bridgehead atoms. The van der Waals surface area contributed by atoms with Gasteiger partial charge in [-0.25, -0.2) is 4.98 Å². The largest absolute Gasteiger partial charge is 0.368 e. The van der Waals surface area contributed by atoms with Crippen molar-refractivity contribution in [2.24, 2.45) is 11.5 Å². The second-order valence-corrected chi connectivity index (χ2v) is 3.12. The van der Waals surface area contributed by atoms with Crippen LogP contribution in [0.3, 0.4) is 0 Å². The van der Waals surface area contributed by atoms with Crippen molar-refractivity contribution in [2.75, 3.05) is 11.9 Å². The number of aromatic nitrogens is 1. The number of amides is 1. The van der Waals surface area contributed by atoms with Gasteiger partial charge in [-0.15, -0.1) is 0 Å². The molecule has 14 heavy (non-hydrogen) atoms. The van der Waals surface area contributed by atoms with Gasteiger partial charge in [0.05, 0.1) is 5.56 Å². The molecule has 0 radical (unpaired) electrons. The van der Waals surface area contributed by atoms with Crippen molar-refractivity contribution in [3.63, 3.8) is 0 Å². The number of carbonyl (C=O) groups excluding carboxylic acids is 1. The third-order valence-corrected chi connectivity index (χ3v) is 1.66. The molecule has 1 heterocycles. The summed E-state index contributed by atoms with van der Waals surface area (Å²) in [6, 6.07) is 3.29. The fourth-order valence-corrected chi connectivity index (χ4v) is 1.00. The summed E-state index contributed by atoms with van der Waals surface area (Å²) in [5, 5.41) is 2.96. The average molecular weight is 194 g/mol. The molecule has 0 aliphatic heterocycles. The summed E-state index contributed by atoms with van der Waals surface area (Å²) in [5.74, 6) is -0.0115. The highest BCUT2D eigenvalue weighted by atomic mass is 16.1. The first-order valence-electron chi connectivity index (χ1n) is 4.35. The summed E-state index contributed by atoms with van der Waals surface area (Å²) < 4.78 is 0. The van der Waals surface area contributed by atoms with Crippen LogP contribution in [0.1, 0.15) is 17.3 Å². The first-order chi connectivity index (χ1) is 6.61. The lowest BCUT2D eigenvalue weighted by molar-refractivity contribution is 0.100. The van der Waals surface area contributed by atoms with Gasteiger partial charge in [0.2, 0.25) is 0 Å². The van der Waals surface area contributed by atoms with Crippen molar-refractivity contribution in [1.29, 1.82) is 0 Å². The minimum atomic E-state index is -0.495. The Labute approximate surface area is 82.5 Å². The molecule has 0 saturated carbocycles. The van der Waals surface area contributed by atoms with Crippen LogP contribution < -0.4 is 16.8 Å². The van der Waals surface area contributed by atoms with E-state index in [1.165, 1.54) is 0 Å². The number of anilines is 1. The number of hydrogen-bond donors (Lipinski definition) is 3. The molecular formula is C9H14N4O. The first kappa shape index (κ1) is 10.5. The van der Waals surface area contributed by atoms with Crippen LogP contribution in [-0.2, 0) is 0 Å². The molecule has 5 nitrogen and oxygen atoms in total. The van der Waals surface area contributed by atoms with E-state index in [1.54, 1.807) is 18.3 Å². The number of carbonyl (C=O) groups is 1. The third-order valence-electron chi connectivity index (χ3n) is 1.66. The van der Waals surface area contributed by atoms with Gasteiger partial charge in [-0.2, -0.15) is 0 Å². The Kier molecular flexibility index (Phi) is 3.41. The van der Waals surface area contributed by atoms with E-state index < -0.39 is 5.91 Å². The highest BCUT2D eigenvalue weighted by molar-refractivity contribution is 5.97. The second-order valence-electron chi connectivity index (χ2n) is 3.12. The van der Waals surface area contributed by atoms with Gasteiger partial charge >= 0.3 is 0 Å². The molecule has 1 unspecified atom stereocenters. The van der Waals surface area contributed by atoms with Crippen LogP contribution in [-0.4, -0.2) is 23.5 Å². The molecule has 5 heteroatoms. The Morgan fingerprint density at radius 1 is 1.71 bits per heavy atom. The fraction of sp³-hybridized carbons (Fsp3) is 0.333. The van der Waals surface area contributed by atoms with Gasteiger partial charge in [-0.3, -0.25) is 4.79 Å². The van der Waals surface area contributed by atoms with Gasteiger partial charge in [0.25, 0.3) is 5.91 Å². The van der Waals surface area contributed by atoms with E-state index in [2.05, 4.69) is 10.3 Å². The molecule has 1 aromatic rings. The van der Waals surface area contributed by atoms with Gasteiger partial charge in [0.1, 0.15) is 5.82 Å². The van der Waals surface area contributed by atoms with Crippen molar-refractivity contribution in [3.8, 4) is 0 Å². The lowest BCUT2D eigenvalue weighted by Crippen LogP contribution is -2.26. The van der Waals surface area contributed by atoms with E-state index in [0.29, 0.717) is 17.9 Å². The van der Waals surface area contributed by atoms with Crippen LogP contribution in [0, 0.1) is 0 Å². The molecule has 1 amide bonds. The number of primary amides is 1. The monoisotopic (exact) mass is 194 g/mol. The molecule has 1 aromatic heterocycles. The van der Waals surface area contributed by atoms with E-state index in [4.69, 9.17) is 11.5 Å². The normalized spacial score (nSPS) is 12.1. The summed E-state index contributed by atoms with van der Waals surface area (Å²) in [7, 11) is 0. The minimum Gasteiger partial charge on any atom is -0.368 e. The van der Waals surface area contributed by atoms with Crippen LogP contribution in [0.15, 0.2) is 18.3 Å². The molecule has 1 rings (SSSR count). The minimum absolute atomic E-state index is 0.00210. The summed E-state index contributed by atoms with van der Waals surface area (Å²) in [6.45, 7) is 2.41. The smallest absolute Gasteiger partial charge is 0.252 e. The molecule has 0 aliphatic rings. The number of nitrogens with two attached hydrogens (primary N) is 2. The Bertz CT molecular complexity index is 324. The molecule has 76 valence electrons. The molecule has 5 N–H and O–H groups in total. The van der Waals surface area contributed by atoms with Crippen molar-refractivity contribution in [2.45, 2.75) is 13.0 Å². The fourth-order valence-electron chi connectivity index (χ4n) is 1.00. The average Bonchev–Trinajstić information content (AvgIpc) is 2.15. The van der Waals surface area contributed by atoms with E-state index in [9.17, 15) is 4.79 Å². The summed E-state index contributed by atoms with van der Waals surface area (Å²) in [6.07, 6.45) is 1.59.